The van der Waals surface area contributed by atoms with Crippen LogP contribution in [0.15, 0.2) is 48.8 Å². The van der Waals surface area contributed by atoms with Crippen LogP contribution in [0.3, 0.4) is 0 Å². The van der Waals surface area contributed by atoms with Crippen LogP contribution in [0.2, 0.25) is 0 Å². The van der Waals surface area contributed by atoms with Crippen LogP contribution in [0.1, 0.15) is 5.56 Å². The zero-order valence-corrected chi connectivity index (χ0v) is 13.2. The summed E-state index contributed by atoms with van der Waals surface area (Å²) >= 11 is 1.33. The largest absolute Gasteiger partial charge is 0.497 e. The minimum Gasteiger partial charge on any atom is -0.497 e. The van der Waals surface area contributed by atoms with E-state index in [4.69, 9.17) is 4.74 Å². The van der Waals surface area contributed by atoms with E-state index in [-0.39, 0.29) is 12.3 Å². The van der Waals surface area contributed by atoms with Crippen molar-refractivity contribution >= 4 is 22.4 Å². The van der Waals surface area contributed by atoms with Crippen molar-refractivity contribution in [1.82, 2.24) is 15.2 Å². The Hall–Kier alpha value is -2.80. The van der Waals surface area contributed by atoms with E-state index < -0.39 is 0 Å². The summed E-state index contributed by atoms with van der Waals surface area (Å²) in [6.07, 6.45) is 3.66. The number of hydrogen-bond donors (Lipinski definition) is 1. The fourth-order valence-electron chi connectivity index (χ4n) is 1.98. The Bertz CT molecular complexity index is 787. The number of methoxy groups -OCH3 is 1. The first-order chi connectivity index (χ1) is 11.2. The highest BCUT2D eigenvalue weighted by atomic mass is 32.1. The Labute approximate surface area is 137 Å². The highest BCUT2D eigenvalue weighted by Gasteiger charge is 2.10. The van der Waals surface area contributed by atoms with Crippen LogP contribution in [-0.2, 0) is 11.2 Å². The zero-order valence-electron chi connectivity index (χ0n) is 12.4. The van der Waals surface area contributed by atoms with Crippen molar-refractivity contribution in [2.75, 3.05) is 12.4 Å². The predicted octanol–water partition coefficient (Wildman–Crippen LogP) is 2.79. The molecule has 2 heterocycles. The number of hydrogen-bond acceptors (Lipinski definition) is 6. The van der Waals surface area contributed by atoms with E-state index >= 15 is 0 Å². The van der Waals surface area contributed by atoms with Gasteiger partial charge in [-0.2, -0.15) is 0 Å². The molecule has 0 aliphatic carbocycles. The molecule has 0 spiro atoms. The van der Waals surface area contributed by atoms with Gasteiger partial charge >= 0.3 is 0 Å². The molecule has 116 valence electrons. The third kappa shape index (κ3) is 3.89. The fourth-order valence-corrected chi connectivity index (χ4v) is 2.74. The number of anilines is 1. The maximum atomic E-state index is 12.1. The summed E-state index contributed by atoms with van der Waals surface area (Å²) in [7, 11) is 1.61. The second-order valence-corrected chi connectivity index (χ2v) is 5.70. The second-order valence-electron chi connectivity index (χ2n) is 4.72. The third-order valence-corrected chi connectivity index (χ3v) is 4.01. The van der Waals surface area contributed by atoms with Crippen molar-refractivity contribution in [3.05, 3.63) is 54.4 Å². The average molecular weight is 326 g/mol. The van der Waals surface area contributed by atoms with Gasteiger partial charge < -0.3 is 10.1 Å². The third-order valence-electron chi connectivity index (χ3n) is 3.12. The number of rotatable bonds is 5. The number of benzene rings is 1. The molecular formula is C16H14N4O2S. The lowest BCUT2D eigenvalue weighted by atomic mass is 10.1. The summed E-state index contributed by atoms with van der Waals surface area (Å²) in [5.41, 5.74) is 1.83. The molecule has 1 amide bonds. The number of aromatic nitrogens is 3. The lowest BCUT2D eigenvalue weighted by Gasteiger charge is -2.03. The first kappa shape index (κ1) is 15.1. The van der Waals surface area contributed by atoms with Gasteiger partial charge in [0.1, 0.15) is 10.8 Å². The second kappa shape index (κ2) is 6.97. The first-order valence-electron chi connectivity index (χ1n) is 6.91. The number of pyridine rings is 1. The number of ether oxygens (including phenoxy) is 1. The van der Waals surface area contributed by atoms with Gasteiger partial charge in [-0.15, -0.1) is 10.2 Å². The predicted molar refractivity (Wildman–Crippen MR) is 88.5 cm³/mol. The monoisotopic (exact) mass is 326 g/mol. The number of carbonyl (C=O) groups is 1. The minimum atomic E-state index is -0.132. The van der Waals surface area contributed by atoms with E-state index in [1.165, 1.54) is 11.3 Å². The molecule has 23 heavy (non-hydrogen) atoms. The highest BCUT2D eigenvalue weighted by Crippen LogP contribution is 2.25. The quantitative estimate of drug-likeness (QED) is 0.780. The molecule has 3 rings (SSSR count). The number of amides is 1. The zero-order chi connectivity index (χ0) is 16.1. The summed E-state index contributed by atoms with van der Waals surface area (Å²) in [6.45, 7) is 0. The lowest BCUT2D eigenvalue weighted by Crippen LogP contribution is -2.14. The fraction of sp³-hybridized carbons (Fsp3) is 0.125. The van der Waals surface area contributed by atoms with Gasteiger partial charge in [-0.1, -0.05) is 23.5 Å². The molecule has 0 fully saturated rings. The molecule has 0 radical (unpaired) electrons. The van der Waals surface area contributed by atoms with E-state index in [0.717, 1.165) is 21.9 Å². The Kier molecular flexibility index (Phi) is 4.58. The summed E-state index contributed by atoms with van der Waals surface area (Å²) < 4.78 is 5.09. The summed E-state index contributed by atoms with van der Waals surface area (Å²) in [5, 5.41) is 12.1. The smallest absolute Gasteiger partial charge is 0.230 e. The van der Waals surface area contributed by atoms with Crippen LogP contribution in [0, 0.1) is 0 Å². The van der Waals surface area contributed by atoms with Gasteiger partial charge in [-0.05, 0) is 29.8 Å². The Balaban J connectivity index is 1.63. The molecule has 2 aromatic heterocycles. The topological polar surface area (TPSA) is 77.0 Å². The standard InChI is InChI=1S/C16H14N4O2S/c1-22-13-4-2-11(3-5-13)10-14(21)18-16-20-19-15(23-16)12-6-8-17-9-7-12/h2-9H,10H2,1H3,(H,18,20,21). The minimum absolute atomic E-state index is 0.132. The maximum Gasteiger partial charge on any atom is 0.230 e. The molecule has 0 saturated carbocycles. The number of carbonyl (C=O) groups excluding carboxylic acids is 1. The van der Waals surface area contributed by atoms with E-state index in [9.17, 15) is 4.79 Å². The van der Waals surface area contributed by atoms with Crippen molar-refractivity contribution in [3.63, 3.8) is 0 Å². The van der Waals surface area contributed by atoms with Crippen LogP contribution in [0.4, 0.5) is 5.13 Å². The van der Waals surface area contributed by atoms with Gasteiger partial charge in [0.15, 0.2) is 0 Å². The van der Waals surface area contributed by atoms with Crippen molar-refractivity contribution in [3.8, 4) is 16.3 Å². The van der Waals surface area contributed by atoms with Gasteiger partial charge in [0.25, 0.3) is 0 Å². The molecule has 0 bridgehead atoms. The molecule has 1 aromatic carbocycles. The van der Waals surface area contributed by atoms with Gasteiger partial charge in [-0.3, -0.25) is 9.78 Å². The molecule has 0 saturated heterocycles. The maximum absolute atomic E-state index is 12.1. The molecule has 0 atom stereocenters. The summed E-state index contributed by atoms with van der Waals surface area (Å²) in [4.78, 5) is 16.0. The SMILES string of the molecule is COc1ccc(CC(=O)Nc2nnc(-c3ccncc3)s2)cc1. The van der Waals surface area contributed by atoms with E-state index in [1.807, 2.05) is 36.4 Å². The highest BCUT2D eigenvalue weighted by molar-refractivity contribution is 7.18. The van der Waals surface area contributed by atoms with Gasteiger partial charge in [-0.25, -0.2) is 0 Å². The number of nitrogens with one attached hydrogen (secondary N) is 1. The van der Waals surface area contributed by atoms with E-state index in [0.29, 0.717) is 5.13 Å². The Morgan fingerprint density at radius 3 is 2.57 bits per heavy atom. The lowest BCUT2D eigenvalue weighted by molar-refractivity contribution is -0.115. The van der Waals surface area contributed by atoms with Crippen molar-refractivity contribution in [1.29, 1.82) is 0 Å². The average Bonchev–Trinajstić information content (AvgIpc) is 3.04. The van der Waals surface area contributed by atoms with Crippen molar-refractivity contribution in [2.45, 2.75) is 6.42 Å². The molecule has 0 aliphatic heterocycles. The van der Waals surface area contributed by atoms with Gasteiger partial charge in [0.05, 0.1) is 13.5 Å². The molecule has 0 unspecified atom stereocenters. The van der Waals surface area contributed by atoms with Crippen molar-refractivity contribution in [2.24, 2.45) is 0 Å². The Morgan fingerprint density at radius 2 is 1.87 bits per heavy atom. The van der Waals surface area contributed by atoms with Crippen molar-refractivity contribution < 1.29 is 9.53 Å². The van der Waals surface area contributed by atoms with E-state index in [1.54, 1.807) is 19.5 Å². The molecular weight excluding hydrogens is 312 g/mol. The van der Waals surface area contributed by atoms with Crippen LogP contribution in [0.25, 0.3) is 10.6 Å². The Morgan fingerprint density at radius 1 is 1.13 bits per heavy atom. The van der Waals surface area contributed by atoms with Crippen LogP contribution >= 0.6 is 11.3 Å². The van der Waals surface area contributed by atoms with Crippen LogP contribution < -0.4 is 10.1 Å². The van der Waals surface area contributed by atoms with Gasteiger partial charge in [0.2, 0.25) is 11.0 Å². The van der Waals surface area contributed by atoms with Crippen LogP contribution in [-0.4, -0.2) is 28.2 Å². The van der Waals surface area contributed by atoms with Crippen LogP contribution in [0.5, 0.6) is 5.75 Å². The molecule has 6 nitrogen and oxygen atoms in total. The van der Waals surface area contributed by atoms with Gasteiger partial charge in [0, 0.05) is 18.0 Å². The molecule has 1 N–H and O–H groups in total. The molecule has 7 heteroatoms. The van der Waals surface area contributed by atoms with E-state index in [2.05, 4.69) is 20.5 Å². The summed E-state index contributed by atoms with van der Waals surface area (Å²) in [5.74, 6) is 0.632. The first-order valence-corrected chi connectivity index (χ1v) is 7.73. The number of nitrogens with zero attached hydrogens (tertiary/aromatic N) is 3. The molecule has 3 aromatic rings. The normalized spacial score (nSPS) is 10.3. The summed E-state index contributed by atoms with van der Waals surface area (Å²) in [6, 6.07) is 11.1. The molecule has 0 aliphatic rings.